The monoisotopic (exact) mass is 206 g/mol. The van der Waals surface area contributed by atoms with E-state index in [2.05, 4.69) is 26.3 Å². The van der Waals surface area contributed by atoms with Gasteiger partial charge in [0.25, 0.3) is 0 Å². The van der Waals surface area contributed by atoms with Crippen molar-refractivity contribution in [1.29, 1.82) is 0 Å². The second kappa shape index (κ2) is 9.22. The Morgan fingerprint density at radius 2 is 1.53 bits per heavy atom. The lowest BCUT2D eigenvalue weighted by Crippen LogP contribution is -1.86. The van der Waals surface area contributed by atoms with Crippen LogP contribution in [0.5, 0.6) is 0 Å². The Balaban J connectivity index is 0. The van der Waals surface area contributed by atoms with Crippen LogP contribution in [0.2, 0.25) is 0 Å². The van der Waals surface area contributed by atoms with Crippen molar-refractivity contribution in [2.75, 3.05) is 6.61 Å². The van der Waals surface area contributed by atoms with Gasteiger partial charge >= 0.3 is 0 Å². The summed E-state index contributed by atoms with van der Waals surface area (Å²) in [4.78, 5) is 0. The van der Waals surface area contributed by atoms with Crippen molar-refractivity contribution in [2.45, 2.75) is 20.8 Å². The first-order valence-electron chi connectivity index (χ1n) is 4.99. The van der Waals surface area contributed by atoms with Gasteiger partial charge in [-0.15, -0.1) is 0 Å². The molecule has 0 aromatic carbocycles. The summed E-state index contributed by atoms with van der Waals surface area (Å²) in [5.41, 5.74) is 3.16. The predicted octanol–water partition coefficient (Wildman–Crippen LogP) is 3.81. The summed E-state index contributed by atoms with van der Waals surface area (Å²) in [6.07, 6.45) is 3.49. The van der Waals surface area contributed by atoms with Crippen LogP contribution in [0.4, 0.5) is 0 Å². The fraction of sp³-hybridized carbons (Fsp3) is 0.286. The Bertz CT molecular complexity index is 280. The molecule has 0 radical (unpaired) electrons. The smallest absolute Gasteiger partial charge is 0.0676 e. The van der Waals surface area contributed by atoms with Crippen molar-refractivity contribution in [3.8, 4) is 0 Å². The molecule has 0 aromatic heterocycles. The third-order valence-corrected chi connectivity index (χ3v) is 1.63. The van der Waals surface area contributed by atoms with Crippen LogP contribution in [0.25, 0.3) is 0 Å². The van der Waals surface area contributed by atoms with Crippen molar-refractivity contribution in [3.63, 3.8) is 0 Å². The van der Waals surface area contributed by atoms with Gasteiger partial charge in [-0.25, -0.2) is 0 Å². The van der Waals surface area contributed by atoms with Gasteiger partial charge in [0.1, 0.15) is 0 Å². The van der Waals surface area contributed by atoms with Crippen molar-refractivity contribution in [3.05, 3.63) is 60.8 Å². The summed E-state index contributed by atoms with van der Waals surface area (Å²) in [6.45, 7) is 20.8. The maximum atomic E-state index is 8.68. The lowest BCUT2D eigenvalue weighted by atomic mass is 10.0. The van der Waals surface area contributed by atoms with Crippen LogP contribution in [-0.4, -0.2) is 11.7 Å². The number of aliphatic hydroxyl groups excluding tert-OH is 1. The van der Waals surface area contributed by atoms with E-state index in [-0.39, 0.29) is 6.61 Å². The number of allylic oxidation sites excluding steroid dienone is 4. The highest BCUT2D eigenvalue weighted by atomic mass is 16.3. The van der Waals surface area contributed by atoms with Crippen LogP contribution in [0.15, 0.2) is 60.8 Å². The second-order valence-electron chi connectivity index (χ2n) is 2.93. The number of rotatable bonds is 5. The molecule has 0 aromatic rings. The summed E-state index contributed by atoms with van der Waals surface area (Å²) in [6, 6.07) is 0. The van der Waals surface area contributed by atoms with Gasteiger partial charge in [0, 0.05) is 0 Å². The van der Waals surface area contributed by atoms with Crippen LogP contribution in [0.3, 0.4) is 0 Å². The minimum Gasteiger partial charge on any atom is -0.392 e. The molecule has 0 fully saturated rings. The number of aliphatic hydroxyl groups is 1. The van der Waals surface area contributed by atoms with Gasteiger partial charge < -0.3 is 5.11 Å². The molecule has 0 amide bonds. The molecule has 15 heavy (non-hydrogen) atoms. The molecule has 0 aliphatic rings. The van der Waals surface area contributed by atoms with Gasteiger partial charge in [0.15, 0.2) is 0 Å². The van der Waals surface area contributed by atoms with Gasteiger partial charge in [-0.3, -0.25) is 0 Å². The minimum atomic E-state index is -0.0384. The topological polar surface area (TPSA) is 20.2 Å². The Morgan fingerprint density at radius 3 is 1.87 bits per heavy atom. The van der Waals surface area contributed by atoms with E-state index in [1.54, 1.807) is 12.2 Å². The molecule has 84 valence electrons. The third kappa shape index (κ3) is 7.71. The summed E-state index contributed by atoms with van der Waals surface area (Å²) in [5, 5.41) is 8.68. The predicted molar refractivity (Wildman–Crippen MR) is 69.8 cm³/mol. The fourth-order valence-electron chi connectivity index (χ4n) is 0.646. The molecule has 1 heteroatoms. The molecule has 0 aliphatic carbocycles. The molecule has 0 bridgehead atoms. The first-order chi connectivity index (χ1) is 6.99. The molecule has 0 aliphatic heterocycles. The summed E-state index contributed by atoms with van der Waals surface area (Å²) in [7, 11) is 0. The maximum Gasteiger partial charge on any atom is 0.0676 e. The minimum absolute atomic E-state index is 0.0384. The zero-order valence-electron chi connectivity index (χ0n) is 10.1. The van der Waals surface area contributed by atoms with E-state index in [4.69, 9.17) is 5.11 Å². The Hall–Kier alpha value is -1.34. The summed E-state index contributed by atoms with van der Waals surface area (Å²) >= 11 is 0. The summed E-state index contributed by atoms with van der Waals surface area (Å²) in [5.74, 6) is 0. The molecule has 0 atom stereocenters. The highest BCUT2D eigenvalue weighted by molar-refractivity contribution is 5.47. The molecule has 1 nitrogen and oxygen atoms in total. The van der Waals surface area contributed by atoms with Crippen LogP contribution in [0, 0.1) is 0 Å². The first kappa shape index (κ1) is 16.1. The van der Waals surface area contributed by atoms with E-state index in [9.17, 15) is 0 Å². The lowest BCUT2D eigenvalue weighted by molar-refractivity contribution is 0.335. The molecule has 1 N–H and O–H groups in total. The number of hydrogen-bond donors (Lipinski definition) is 1. The van der Waals surface area contributed by atoms with Crippen molar-refractivity contribution >= 4 is 0 Å². The molecule has 0 rings (SSSR count). The number of hydrogen-bond acceptors (Lipinski definition) is 1. The normalized spacial score (nSPS) is 9.07. The Kier molecular flexibility index (Phi) is 9.90. The van der Waals surface area contributed by atoms with Crippen molar-refractivity contribution in [2.24, 2.45) is 0 Å². The molecule has 0 heterocycles. The van der Waals surface area contributed by atoms with E-state index < -0.39 is 0 Å². The molecule has 0 spiro atoms. The molecule has 0 saturated carbocycles. The van der Waals surface area contributed by atoms with Gasteiger partial charge in [-0.2, -0.15) is 0 Å². The van der Waals surface area contributed by atoms with E-state index >= 15 is 0 Å². The van der Waals surface area contributed by atoms with Crippen molar-refractivity contribution in [1.82, 2.24) is 0 Å². The van der Waals surface area contributed by atoms with Crippen molar-refractivity contribution < 1.29 is 5.11 Å². The standard InChI is InChI=1S/C12H16O.C2H6/c1-9(2)12(5)11(4)7-6-10(3)8-13;1-2/h6-7,13H,1,3-5,8H2,2H3;1-2H3/b7-6-;. The van der Waals surface area contributed by atoms with Gasteiger partial charge in [-0.1, -0.05) is 57.9 Å². The zero-order chi connectivity index (χ0) is 12.4. The Morgan fingerprint density at radius 1 is 1.07 bits per heavy atom. The average molecular weight is 206 g/mol. The van der Waals surface area contributed by atoms with E-state index in [1.165, 1.54) is 0 Å². The molecular formula is C14H22O. The van der Waals surface area contributed by atoms with E-state index in [0.717, 1.165) is 16.7 Å². The fourth-order valence-corrected chi connectivity index (χ4v) is 0.646. The van der Waals surface area contributed by atoms with E-state index in [1.807, 2.05) is 20.8 Å². The average Bonchev–Trinajstić information content (AvgIpc) is 2.26. The van der Waals surface area contributed by atoms with Gasteiger partial charge in [0.05, 0.1) is 6.61 Å². The van der Waals surface area contributed by atoms with Crippen LogP contribution in [0.1, 0.15) is 20.8 Å². The quantitative estimate of drug-likeness (QED) is 0.678. The van der Waals surface area contributed by atoms with Crippen LogP contribution in [-0.2, 0) is 0 Å². The second-order valence-corrected chi connectivity index (χ2v) is 2.93. The van der Waals surface area contributed by atoms with Crippen LogP contribution >= 0.6 is 0 Å². The largest absolute Gasteiger partial charge is 0.392 e. The summed E-state index contributed by atoms with van der Waals surface area (Å²) < 4.78 is 0. The highest BCUT2D eigenvalue weighted by Crippen LogP contribution is 2.14. The van der Waals surface area contributed by atoms with Gasteiger partial charge in [0.2, 0.25) is 0 Å². The SMILES string of the molecule is C=C(/C=C\C(=C)C(=C)C(=C)C)CO.CC. The lowest BCUT2D eigenvalue weighted by Gasteiger charge is -2.03. The Labute approximate surface area is 93.8 Å². The molecular weight excluding hydrogens is 184 g/mol. The highest BCUT2D eigenvalue weighted by Gasteiger charge is 1.96. The third-order valence-electron chi connectivity index (χ3n) is 1.63. The van der Waals surface area contributed by atoms with Crippen LogP contribution < -0.4 is 0 Å². The maximum absolute atomic E-state index is 8.68. The van der Waals surface area contributed by atoms with Gasteiger partial charge in [-0.05, 0) is 23.6 Å². The first-order valence-corrected chi connectivity index (χ1v) is 4.99. The molecule has 0 saturated heterocycles. The van der Waals surface area contributed by atoms with E-state index in [0.29, 0.717) is 5.57 Å². The zero-order valence-corrected chi connectivity index (χ0v) is 10.1. The molecule has 0 unspecified atom stereocenters.